The number of urea groups is 1. The number of fused-ring (bicyclic) bond motifs is 1. The summed E-state index contributed by atoms with van der Waals surface area (Å²) in [4.78, 5) is 25.7. The minimum absolute atomic E-state index is 0.00384. The second kappa shape index (κ2) is 6.24. The minimum atomic E-state index is -0.870. The summed E-state index contributed by atoms with van der Waals surface area (Å²) in [6, 6.07) is -0.758. The Bertz CT molecular complexity index is 403. The van der Waals surface area contributed by atoms with E-state index in [2.05, 4.69) is 26.1 Å². The second-order valence-electron chi connectivity index (χ2n) is 7.67. The van der Waals surface area contributed by atoms with E-state index < -0.39 is 12.0 Å². The van der Waals surface area contributed by atoms with Crippen LogP contribution in [0.5, 0.6) is 0 Å². The van der Waals surface area contributed by atoms with Crippen LogP contribution in [-0.4, -0.2) is 40.6 Å². The average molecular weight is 296 g/mol. The van der Waals surface area contributed by atoms with Crippen LogP contribution in [0.2, 0.25) is 0 Å². The van der Waals surface area contributed by atoms with Gasteiger partial charge < -0.3 is 15.3 Å². The van der Waals surface area contributed by atoms with Crippen molar-refractivity contribution in [3.05, 3.63) is 0 Å². The lowest BCUT2D eigenvalue weighted by molar-refractivity contribution is -0.145. The van der Waals surface area contributed by atoms with Crippen molar-refractivity contribution in [1.29, 1.82) is 0 Å². The van der Waals surface area contributed by atoms with E-state index in [1.54, 1.807) is 4.90 Å². The molecule has 1 aliphatic carbocycles. The molecule has 3 atom stereocenters. The van der Waals surface area contributed by atoms with Crippen LogP contribution in [0.25, 0.3) is 0 Å². The molecular formula is C16H28N2O3. The molecule has 0 aromatic heterocycles. The Morgan fingerprint density at radius 3 is 2.43 bits per heavy atom. The third-order valence-corrected chi connectivity index (χ3v) is 4.66. The van der Waals surface area contributed by atoms with Crippen LogP contribution in [-0.2, 0) is 4.79 Å². The van der Waals surface area contributed by atoms with Crippen LogP contribution in [0.15, 0.2) is 0 Å². The number of carboxylic acids is 1. The van der Waals surface area contributed by atoms with Crippen LogP contribution in [0.1, 0.15) is 59.3 Å². The molecule has 120 valence electrons. The van der Waals surface area contributed by atoms with Gasteiger partial charge in [-0.3, -0.25) is 0 Å². The first-order chi connectivity index (χ1) is 9.79. The van der Waals surface area contributed by atoms with Gasteiger partial charge in [-0.25, -0.2) is 9.59 Å². The third-order valence-electron chi connectivity index (χ3n) is 4.66. The quantitative estimate of drug-likeness (QED) is 0.823. The molecule has 0 radical (unpaired) electrons. The van der Waals surface area contributed by atoms with Crippen molar-refractivity contribution < 1.29 is 14.7 Å². The molecule has 1 heterocycles. The Balaban J connectivity index is 2.12. The summed E-state index contributed by atoms with van der Waals surface area (Å²) in [5.74, 6) is -0.389. The van der Waals surface area contributed by atoms with Crippen LogP contribution in [0.4, 0.5) is 4.79 Å². The maximum Gasteiger partial charge on any atom is 0.326 e. The number of hydrogen-bond donors (Lipinski definition) is 2. The molecule has 0 bridgehead atoms. The highest BCUT2D eigenvalue weighted by Crippen LogP contribution is 2.38. The van der Waals surface area contributed by atoms with Crippen molar-refractivity contribution in [2.45, 2.75) is 71.4 Å². The minimum Gasteiger partial charge on any atom is -0.480 e. The van der Waals surface area contributed by atoms with Crippen LogP contribution < -0.4 is 5.32 Å². The molecule has 0 aromatic rings. The fourth-order valence-corrected chi connectivity index (χ4v) is 3.60. The lowest BCUT2D eigenvalue weighted by Crippen LogP contribution is -2.60. The normalized spacial score (nSPS) is 29.7. The van der Waals surface area contributed by atoms with Gasteiger partial charge in [-0.15, -0.1) is 0 Å². The van der Waals surface area contributed by atoms with E-state index in [0.717, 1.165) is 25.7 Å². The third kappa shape index (κ3) is 3.89. The zero-order chi connectivity index (χ0) is 15.6. The summed E-state index contributed by atoms with van der Waals surface area (Å²) in [6.45, 7) is 6.73. The largest absolute Gasteiger partial charge is 0.480 e. The van der Waals surface area contributed by atoms with Crippen LogP contribution in [0, 0.1) is 11.3 Å². The van der Waals surface area contributed by atoms with Gasteiger partial charge in [0.25, 0.3) is 0 Å². The monoisotopic (exact) mass is 296 g/mol. The lowest BCUT2D eigenvalue weighted by Gasteiger charge is -2.47. The number of piperidine rings is 1. The molecule has 1 aliphatic heterocycles. The number of carbonyl (C=O) groups is 2. The molecule has 5 nitrogen and oxygen atoms in total. The van der Waals surface area contributed by atoms with Gasteiger partial charge in [0.15, 0.2) is 0 Å². The Morgan fingerprint density at radius 1 is 1.14 bits per heavy atom. The number of rotatable bonds is 2. The van der Waals surface area contributed by atoms with Gasteiger partial charge in [-0.1, -0.05) is 33.6 Å². The fraction of sp³-hybridized carbons (Fsp3) is 0.875. The molecule has 2 N–H and O–H groups in total. The van der Waals surface area contributed by atoms with Crippen molar-refractivity contribution in [3.63, 3.8) is 0 Å². The van der Waals surface area contributed by atoms with E-state index in [-0.39, 0.29) is 17.5 Å². The first-order valence-electron chi connectivity index (χ1n) is 8.08. The Morgan fingerprint density at radius 2 is 1.81 bits per heavy atom. The first-order valence-corrected chi connectivity index (χ1v) is 8.08. The number of aliphatic carboxylic acids is 1. The zero-order valence-corrected chi connectivity index (χ0v) is 13.4. The number of nitrogens with one attached hydrogen (secondary N) is 1. The van der Waals surface area contributed by atoms with Gasteiger partial charge in [-0.2, -0.15) is 0 Å². The number of carboxylic acid groups (broad SMARTS) is 1. The summed E-state index contributed by atoms with van der Waals surface area (Å²) in [5.41, 5.74) is -0.00384. The second-order valence-corrected chi connectivity index (χ2v) is 7.67. The molecule has 3 unspecified atom stereocenters. The predicted molar refractivity (Wildman–Crippen MR) is 81.1 cm³/mol. The Kier molecular flexibility index (Phi) is 4.79. The van der Waals surface area contributed by atoms with Gasteiger partial charge in [0, 0.05) is 12.6 Å². The number of nitrogens with zero attached hydrogens (tertiary/aromatic N) is 1. The molecule has 5 heteroatoms. The van der Waals surface area contributed by atoms with Gasteiger partial charge >= 0.3 is 12.0 Å². The van der Waals surface area contributed by atoms with E-state index in [1.807, 2.05) is 0 Å². The Labute approximate surface area is 127 Å². The fourth-order valence-electron chi connectivity index (χ4n) is 3.60. The Hall–Kier alpha value is -1.26. The first kappa shape index (κ1) is 16.1. The highest BCUT2D eigenvalue weighted by atomic mass is 16.4. The maximum absolute atomic E-state index is 12.6. The number of amides is 2. The average Bonchev–Trinajstić information content (AvgIpc) is 2.42. The summed E-state index contributed by atoms with van der Waals surface area (Å²) < 4.78 is 0. The van der Waals surface area contributed by atoms with Crippen molar-refractivity contribution in [1.82, 2.24) is 10.2 Å². The van der Waals surface area contributed by atoms with Crippen LogP contribution >= 0.6 is 0 Å². The van der Waals surface area contributed by atoms with E-state index in [0.29, 0.717) is 18.9 Å². The molecule has 2 fully saturated rings. The van der Waals surface area contributed by atoms with Gasteiger partial charge in [0.1, 0.15) is 6.04 Å². The van der Waals surface area contributed by atoms with Crippen molar-refractivity contribution in [2.24, 2.45) is 11.3 Å². The van der Waals surface area contributed by atoms with Gasteiger partial charge in [0.2, 0.25) is 0 Å². The van der Waals surface area contributed by atoms with Gasteiger partial charge in [0.05, 0.1) is 0 Å². The SMILES string of the molecule is CC(C)(C)CNC(=O)N1C(C(=O)O)CCC2CCCCC21. The molecule has 1 saturated carbocycles. The molecule has 0 spiro atoms. The molecule has 2 amide bonds. The summed E-state index contributed by atoms with van der Waals surface area (Å²) >= 11 is 0. The lowest BCUT2D eigenvalue weighted by atomic mass is 9.76. The molecule has 2 aliphatic rings. The molecular weight excluding hydrogens is 268 g/mol. The standard InChI is InChI=1S/C16H28N2O3/c1-16(2,3)10-17-15(21)18-12-7-5-4-6-11(12)8-9-13(18)14(19)20/h11-13H,4-10H2,1-3H3,(H,17,21)(H,19,20). The highest BCUT2D eigenvalue weighted by molar-refractivity contribution is 5.83. The number of carbonyl (C=O) groups excluding carboxylic acids is 1. The van der Waals surface area contributed by atoms with Crippen molar-refractivity contribution in [2.75, 3.05) is 6.54 Å². The summed E-state index contributed by atoms with van der Waals surface area (Å²) in [6.07, 6.45) is 5.88. The van der Waals surface area contributed by atoms with E-state index in [1.165, 1.54) is 6.42 Å². The maximum atomic E-state index is 12.6. The van der Waals surface area contributed by atoms with Crippen molar-refractivity contribution >= 4 is 12.0 Å². The van der Waals surface area contributed by atoms with Crippen LogP contribution in [0.3, 0.4) is 0 Å². The number of likely N-dealkylation sites (tertiary alicyclic amines) is 1. The molecule has 1 saturated heterocycles. The summed E-state index contributed by atoms with van der Waals surface area (Å²) in [7, 11) is 0. The topological polar surface area (TPSA) is 69.6 Å². The molecule has 2 rings (SSSR count). The van der Waals surface area contributed by atoms with Gasteiger partial charge in [-0.05, 0) is 37.0 Å². The predicted octanol–water partition coefficient (Wildman–Crippen LogP) is 2.85. The zero-order valence-electron chi connectivity index (χ0n) is 13.4. The smallest absolute Gasteiger partial charge is 0.326 e. The van der Waals surface area contributed by atoms with E-state index in [4.69, 9.17) is 0 Å². The summed E-state index contributed by atoms with van der Waals surface area (Å²) in [5, 5.41) is 12.4. The molecule has 21 heavy (non-hydrogen) atoms. The van der Waals surface area contributed by atoms with E-state index in [9.17, 15) is 14.7 Å². The van der Waals surface area contributed by atoms with Crippen molar-refractivity contribution in [3.8, 4) is 0 Å². The number of hydrogen-bond acceptors (Lipinski definition) is 2. The highest BCUT2D eigenvalue weighted by Gasteiger charge is 2.43. The van der Waals surface area contributed by atoms with E-state index >= 15 is 0 Å². The molecule has 0 aromatic carbocycles.